The number of aryl methyl sites for hydroxylation is 2. The molecule has 0 atom stereocenters. The molecule has 0 bridgehead atoms. The normalized spacial score (nSPS) is 10.3. The van der Waals surface area contributed by atoms with Gasteiger partial charge in [0.25, 0.3) is 0 Å². The molecular formula is C12H12N2O4. The number of rotatable bonds is 4. The number of benzene rings is 1. The van der Waals surface area contributed by atoms with E-state index in [0.29, 0.717) is 11.5 Å². The molecule has 18 heavy (non-hydrogen) atoms. The van der Waals surface area contributed by atoms with Gasteiger partial charge >= 0.3 is 5.69 Å². The van der Waals surface area contributed by atoms with Gasteiger partial charge in [-0.25, -0.2) is 0 Å². The third-order valence-corrected chi connectivity index (χ3v) is 2.36. The van der Waals surface area contributed by atoms with Crippen LogP contribution in [0, 0.1) is 24.0 Å². The fraction of sp³-hybridized carbons (Fsp3) is 0.250. The summed E-state index contributed by atoms with van der Waals surface area (Å²) in [5.41, 5.74) is 1.44. The van der Waals surface area contributed by atoms with Crippen molar-refractivity contribution in [1.29, 1.82) is 0 Å². The lowest BCUT2D eigenvalue weighted by atomic mass is 10.2. The van der Waals surface area contributed by atoms with Crippen LogP contribution in [0.1, 0.15) is 17.0 Å². The number of aromatic nitrogens is 1. The summed E-state index contributed by atoms with van der Waals surface area (Å²) in [6, 6.07) is 6.46. The average Bonchev–Trinajstić information content (AvgIpc) is 2.72. The number of ether oxygens (including phenoxy) is 1. The fourth-order valence-corrected chi connectivity index (χ4v) is 1.53. The van der Waals surface area contributed by atoms with Crippen LogP contribution in [0.2, 0.25) is 0 Å². The van der Waals surface area contributed by atoms with Crippen molar-refractivity contribution in [2.75, 3.05) is 0 Å². The van der Waals surface area contributed by atoms with E-state index >= 15 is 0 Å². The zero-order valence-electron chi connectivity index (χ0n) is 10.0. The Labute approximate surface area is 103 Å². The Kier molecular flexibility index (Phi) is 3.27. The Balaban J connectivity index is 2.17. The van der Waals surface area contributed by atoms with E-state index in [1.54, 1.807) is 25.1 Å². The summed E-state index contributed by atoms with van der Waals surface area (Å²) in [7, 11) is 0. The van der Waals surface area contributed by atoms with Gasteiger partial charge in [-0.1, -0.05) is 11.2 Å². The van der Waals surface area contributed by atoms with Crippen LogP contribution in [0.25, 0.3) is 0 Å². The highest BCUT2D eigenvalue weighted by atomic mass is 16.6. The van der Waals surface area contributed by atoms with Gasteiger partial charge in [-0.3, -0.25) is 10.1 Å². The molecule has 0 radical (unpaired) electrons. The van der Waals surface area contributed by atoms with Crippen molar-refractivity contribution in [1.82, 2.24) is 5.16 Å². The van der Waals surface area contributed by atoms with Gasteiger partial charge in [-0.05, 0) is 25.5 Å². The molecule has 6 heteroatoms. The first-order valence-corrected chi connectivity index (χ1v) is 5.36. The zero-order valence-corrected chi connectivity index (χ0v) is 10.0. The molecule has 0 aliphatic heterocycles. The Hall–Kier alpha value is -2.37. The summed E-state index contributed by atoms with van der Waals surface area (Å²) in [5.74, 6) is 0.910. The van der Waals surface area contributed by atoms with Crippen molar-refractivity contribution in [3.8, 4) is 5.75 Å². The SMILES string of the molecule is Cc1ccc([N+](=O)[O-])c(OCc2cc(C)on2)c1. The number of nitrogens with zero attached hydrogens (tertiary/aromatic N) is 2. The molecule has 0 spiro atoms. The molecule has 2 aromatic rings. The van der Waals surface area contributed by atoms with Crippen molar-refractivity contribution in [2.24, 2.45) is 0 Å². The van der Waals surface area contributed by atoms with Crippen molar-refractivity contribution >= 4 is 5.69 Å². The van der Waals surface area contributed by atoms with E-state index in [4.69, 9.17) is 9.26 Å². The van der Waals surface area contributed by atoms with Crippen molar-refractivity contribution in [2.45, 2.75) is 20.5 Å². The second kappa shape index (κ2) is 4.87. The molecule has 94 valence electrons. The smallest absolute Gasteiger partial charge is 0.310 e. The van der Waals surface area contributed by atoms with Gasteiger partial charge in [-0.15, -0.1) is 0 Å². The van der Waals surface area contributed by atoms with Crippen molar-refractivity contribution < 1.29 is 14.2 Å². The molecule has 1 aromatic carbocycles. The molecule has 0 N–H and O–H groups in total. The molecule has 1 heterocycles. The van der Waals surface area contributed by atoms with Crippen molar-refractivity contribution in [3.05, 3.63) is 51.4 Å². The highest BCUT2D eigenvalue weighted by Crippen LogP contribution is 2.28. The van der Waals surface area contributed by atoms with Gasteiger partial charge in [0.15, 0.2) is 5.75 Å². The van der Waals surface area contributed by atoms with E-state index in [2.05, 4.69) is 5.16 Å². The average molecular weight is 248 g/mol. The van der Waals surface area contributed by atoms with Gasteiger partial charge in [0.1, 0.15) is 18.1 Å². The molecule has 0 saturated carbocycles. The fourth-order valence-electron chi connectivity index (χ4n) is 1.53. The minimum atomic E-state index is -0.469. The predicted octanol–water partition coefficient (Wildman–Crippen LogP) is 2.78. The van der Waals surface area contributed by atoms with E-state index < -0.39 is 4.92 Å². The standard InChI is InChI=1S/C12H12N2O4/c1-8-3-4-11(14(15)16)12(5-8)17-7-10-6-9(2)18-13-10/h3-6H,7H2,1-2H3. The van der Waals surface area contributed by atoms with Gasteiger partial charge in [0.05, 0.1) is 4.92 Å². The summed E-state index contributed by atoms with van der Waals surface area (Å²) < 4.78 is 10.3. The first kappa shape index (κ1) is 12.1. The first-order valence-electron chi connectivity index (χ1n) is 5.36. The molecule has 0 aliphatic rings. The highest BCUT2D eigenvalue weighted by Gasteiger charge is 2.15. The van der Waals surface area contributed by atoms with Crippen LogP contribution in [-0.2, 0) is 6.61 Å². The summed E-state index contributed by atoms with van der Waals surface area (Å²) >= 11 is 0. The molecule has 0 amide bonds. The maximum Gasteiger partial charge on any atom is 0.310 e. The summed E-state index contributed by atoms with van der Waals surface area (Å²) in [4.78, 5) is 10.4. The Morgan fingerprint density at radius 1 is 1.39 bits per heavy atom. The molecule has 0 unspecified atom stereocenters. The molecule has 0 aliphatic carbocycles. The topological polar surface area (TPSA) is 78.4 Å². The third kappa shape index (κ3) is 2.65. The maximum absolute atomic E-state index is 10.8. The first-order chi connectivity index (χ1) is 8.56. The lowest BCUT2D eigenvalue weighted by Gasteiger charge is -2.05. The monoisotopic (exact) mass is 248 g/mol. The molecule has 0 saturated heterocycles. The van der Waals surface area contributed by atoms with Crippen LogP contribution in [0.3, 0.4) is 0 Å². The van der Waals surface area contributed by atoms with Gasteiger partial charge in [0.2, 0.25) is 0 Å². The molecular weight excluding hydrogens is 236 g/mol. The molecule has 6 nitrogen and oxygen atoms in total. The van der Waals surface area contributed by atoms with E-state index in [9.17, 15) is 10.1 Å². The lowest BCUT2D eigenvalue weighted by Crippen LogP contribution is -1.99. The third-order valence-electron chi connectivity index (χ3n) is 2.36. The van der Waals surface area contributed by atoms with E-state index in [1.165, 1.54) is 6.07 Å². The van der Waals surface area contributed by atoms with Crippen LogP contribution >= 0.6 is 0 Å². The Morgan fingerprint density at radius 3 is 2.78 bits per heavy atom. The van der Waals surface area contributed by atoms with E-state index in [-0.39, 0.29) is 18.0 Å². The minimum absolute atomic E-state index is 0.0548. The second-order valence-corrected chi connectivity index (χ2v) is 3.95. The Morgan fingerprint density at radius 2 is 2.17 bits per heavy atom. The molecule has 1 aromatic heterocycles. The summed E-state index contributed by atoms with van der Waals surface area (Å²) in [6.45, 7) is 3.75. The number of nitro benzene ring substituents is 1. The largest absolute Gasteiger partial charge is 0.480 e. The summed E-state index contributed by atoms with van der Waals surface area (Å²) in [6.07, 6.45) is 0. The zero-order chi connectivity index (χ0) is 13.1. The second-order valence-electron chi connectivity index (χ2n) is 3.95. The van der Waals surface area contributed by atoms with Gasteiger partial charge in [0, 0.05) is 12.1 Å². The van der Waals surface area contributed by atoms with Gasteiger partial charge < -0.3 is 9.26 Å². The number of hydrogen-bond donors (Lipinski definition) is 0. The highest BCUT2D eigenvalue weighted by molar-refractivity contribution is 5.48. The quantitative estimate of drug-likeness (QED) is 0.614. The summed E-state index contributed by atoms with van der Waals surface area (Å²) in [5, 5.41) is 14.6. The number of nitro groups is 1. The van der Waals surface area contributed by atoms with Crippen LogP contribution in [0.4, 0.5) is 5.69 Å². The van der Waals surface area contributed by atoms with Crippen LogP contribution in [0.5, 0.6) is 5.75 Å². The Bertz CT molecular complexity index is 577. The van der Waals surface area contributed by atoms with Crippen LogP contribution < -0.4 is 4.74 Å². The van der Waals surface area contributed by atoms with Crippen LogP contribution in [0.15, 0.2) is 28.8 Å². The lowest BCUT2D eigenvalue weighted by molar-refractivity contribution is -0.386. The van der Waals surface area contributed by atoms with E-state index in [0.717, 1.165) is 5.56 Å². The molecule has 2 rings (SSSR count). The van der Waals surface area contributed by atoms with E-state index in [1.807, 2.05) is 6.92 Å². The van der Waals surface area contributed by atoms with Gasteiger partial charge in [-0.2, -0.15) is 0 Å². The van der Waals surface area contributed by atoms with Crippen molar-refractivity contribution in [3.63, 3.8) is 0 Å². The predicted molar refractivity (Wildman–Crippen MR) is 63.4 cm³/mol. The maximum atomic E-state index is 10.8. The minimum Gasteiger partial charge on any atom is -0.480 e. The molecule has 0 fully saturated rings. The number of hydrogen-bond acceptors (Lipinski definition) is 5. The van der Waals surface area contributed by atoms with Crippen LogP contribution in [-0.4, -0.2) is 10.1 Å².